The molecule has 1 aliphatic rings. The summed E-state index contributed by atoms with van der Waals surface area (Å²) in [5.41, 5.74) is 1.88. The number of furan rings is 1. The minimum atomic E-state index is -0.884. The first kappa shape index (κ1) is 26.0. The van der Waals surface area contributed by atoms with E-state index >= 15 is 0 Å². The molecule has 4 aromatic rings. The zero-order chi connectivity index (χ0) is 27.5. The molecular formula is C31H30N2O6. The van der Waals surface area contributed by atoms with E-state index in [2.05, 4.69) is 18.8 Å². The maximum atomic E-state index is 13.8. The van der Waals surface area contributed by atoms with E-state index in [1.165, 1.54) is 12.0 Å². The SMILES string of the molecule is COc1cc(C2C(C(=O)c3cc4ccccc4o3)=C(O)C(=O)N2Cc2ccncc2)ccc1OCCC(C)C. The van der Waals surface area contributed by atoms with E-state index in [1.807, 2.05) is 18.2 Å². The molecule has 8 nitrogen and oxygen atoms in total. The number of benzene rings is 2. The van der Waals surface area contributed by atoms with E-state index in [-0.39, 0.29) is 17.9 Å². The van der Waals surface area contributed by atoms with Gasteiger partial charge in [-0.25, -0.2) is 0 Å². The Morgan fingerprint density at radius 1 is 1.08 bits per heavy atom. The fourth-order valence-electron chi connectivity index (χ4n) is 4.68. The Kier molecular flexibility index (Phi) is 7.36. The molecule has 3 heterocycles. The number of ketones is 1. The third-order valence-electron chi connectivity index (χ3n) is 6.76. The molecule has 39 heavy (non-hydrogen) atoms. The van der Waals surface area contributed by atoms with Gasteiger partial charge in [0.05, 0.1) is 25.3 Å². The molecule has 0 saturated carbocycles. The number of amides is 1. The second kappa shape index (κ2) is 11.0. The van der Waals surface area contributed by atoms with Gasteiger partial charge in [-0.2, -0.15) is 0 Å². The van der Waals surface area contributed by atoms with Gasteiger partial charge < -0.3 is 23.9 Å². The molecular weight excluding hydrogens is 496 g/mol. The second-order valence-corrected chi connectivity index (χ2v) is 9.87. The van der Waals surface area contributed by atoms with Gasteiger partial charge in [-0.1, -0.05) is 38.1 Å². The molecule has 1 amide bonds. The predicted molar refractivity (Wildman–Crippen MR) is 146 cm³/mol. The van der Waals surface area contributed by atoms with Crippen molar-refractivity contribution in [3.05, 3.63) is 101 Å². The van der Waals surface area contributed by atoms with E-state index < -0.39 is 23.5 Å². The average molecular weight is 527 g/mol. The molecule has 0 spiro atoms. The van der Waals surface area contributed by atoms with Crippen molar-refractivity contribution in [3.8, 4) is 11.5 Å². The number of hydrogen-bond acceptors (Lipinski definition) is 7. The highest BCUT2D eigenvalue weighted by Crippen LogP contribution is 2.43. The highest BCUT2D eigenvalue weighted by molar-refractivity contribution is 6.16. The lowest BCUT2D eigenvalue weighted by molar-refractivity contribution is -0.130. The first-order chi connectivity index (χ1) is 18.9. The van der Waals surface area contributed by atoms with Crippen LogP contribution >= 0.6 is 0 Å². The van der Waals surface area contributed by atoms with Crippen LogP contribution in [0.2, 0.25) is 0 Å². The van der Waals surface area contributed by atoms with Gasteiger partial charge in [0.25, 0.3) is 5.91 Å². The molecule has 1 N–H and O–H groups in total. The van der Waals surface area contributed by atoms with Crippen molar-refractivity contribution in [2.75, 3.05) is 13.7 Å². The van der Waals surface area contributed by atoms with Crippen LogP contribution in [0.1, 0.15) is 48.0 Å². The number of aliphatic hydroxyl groups excluding tert-OH is 1. The Labute approximate surface area is 226 Å². The number of aromatic nitrogens is 1. The molecule has 8 heteroatoms. The van der Waals surface area contributed by atoms with Crippen LogP contribution in [-0.2, 0) is 11.3 Å². The summed E-state index contributed by atoms with van der Waals surface area (Å²) in [6.45, 7) is 4.93. The normalized spacial score (nSPS) is 15.4. The van der Waals surface area contributed by atoms with Gasteiger partial charge in [-0.05, 0) is 59.9 Å². The van der Waals surface area contributed by atoms with Crippen LogP contribution in [0.5, 0.6) is 11.5 Å². The maximum absolute atomic E-state index is 13.8. The lowest BCUT2D eigenvalue weighted by Crippen LogP contribution is -2.30. The Bertz CT molecular complexity index is 1510. The molecule has 0 bridgehead atoms. The lowest BCUT2D eigenvalue weighted by Gasteiger charge is -2.27. The number of hydrogen-bond donors (Lipinski definition) is 1. The largest absolute Gasteiger partial charge is 0.503 e. The van der Waals surface area contributed by atoms with Gasteiger partial charge in [-0.15, -0.1) is 0 Å². The summed E-state index contributed by atoms with van der Waals surface area (Å²) in [4.78, 5) is 32.7. The van der Waals surface area contributed by atoms with E-state index in [0.29, 0.717) is 35.2 Å². The molecule has 0 fully saturated rings. The smallest absolute Gasteiger partial charge is 0.290 e. The Hall–Kier alpha value is -4.59. The summed E-state index contributed by atoms with van der Waals surface area (Å²) in [5, 5.41) is 11.8. The number of para-hydroxylation sites is 1. The van der Waals surface area contributed by atoms with Gasteiger partial charge >= 0.3 is 0 Å². The van der Waals surface area contributed by atoms with Gasteiger partial charge in [0.1, 0.15) is 5.58 Å². The summed E-state index contributed by atoms with van der Waals surface area (Å²) in [5.74, 6) is -0.248. The molecule has 1 aliphatic heterocycles. The number of methoxy groups -OCH3 is 1. The number of carbonyl (C=O) groups is 2. The van der Waals surface area contributed by atoms with Crippen molar-refractivity contribution in [2.45, 2.75) is 32.9 Å². The zero-order valence-electron chi connectivity index (χ0n) is 22.1. The summed E-state index contributed by atoms with van der Waals surface area (Å²) >= 11 is 0. The molecule has 5 rings (SSSR count). The topological polar surface area (TPSA) is 102 Å². The number of nitrogens with zero attached hydrogens (tertiary/aromatic N) is 2. The molecule has 2 aromatic heterocycles. The average Bonchev–Trinajstić information content (AvgIpc) is 3.48. The van der Waals surface area contributed by atoms with Gasteiger partial charge in [0.15, 0.2) is 23.0 Å². The highest BCUT2D eigenvalue weighted by Gasteiger charge is 2.44. The number of ether oxygens (including phenoxy) is 2. The van der Waals surface area contributed by atoms with Crippen LogP contribution in [0.25, 0.3) is 11.0 Å². The summed E-state index contributed by atoms with van der Waals surface area (Å²) in [6.07, 6.45) is 4.14. The predicted octanol–water partition coefficient (Wildman–Crippen LogP) is 6.04. The van der Waals surface area contributed by atoms with Gasteiger partial charge in [0, 0.05) is 24.3 Å². The molecule has 1 atom stereocenters. The van der Waals surface area contributed by atoms with Crippen LogP contribution in [0, 0.1) is 5.92 Å². The molecule has 200 valence electrons. The number of fused-ring (bicyclic) bond motifs is 1. The summed E-state index contributed by atoms with van der Waals surface area (Å²) in [7, 11) is 1.54. The van der Waals surface area contributed by atoms with Crippen LogP contribution in [0.3, 0.4) is 0 Å². The Morgan fingerprint density at radius 2 is 1.85 bits per heavy atom. The van der Waals surface area contributed by atoms with Crippen LogP contribution in [0.15, 0.2) is 88.8 Å². The molecule has 0 radical (unpaired) electrons. The first-order valence-electron chi connectivity index (χ1n) is 12.8. The second-order valence-electron chi connectivity index (χ2n) is 9.87. The van der Waals surface area contributed by atoms with Crippen molar-refractivity contribution in [2.24, 2.45) is 5.92 Å². The maximum Gasteiger partial charge on any atom is 0.290 e. The Morgan fingerprint density at radius 3 is 2.56 bits per heavy atom. The minimum absolute atomic E-state index is 0.0434. The fourth-order valence-corrected chi connectivity index (χ4v) is 4.68. The number of pyridine rings is 1. The standard InChI is InChI=1S/C31H30N2O6/c1-19(2)12-15-38-24-9-8-22(17-25(24)37-3)28-27(29(34)26-16-21-6-4-5-7-23(21)39-26)30(35)31(36)33(28)18-20-10-13-32-14-11-20/h4-11,13-14,16-17,19,28,35H,12,15,18H2,1-3H3. The third-order valence-corrected chi connectivity index (χ3v) is 6.76. The van der Waals surface area contributed by atoms with E-state index in [9.17, 15) is 14.7 Å². The monoisotopic (exact) mass is 526 g/mol. The van der Waals surface area contributed by atoms with Gasteiger partial charge in [-0.3, -0.25) is 14.6 Å². The van der Waals surface area contributed by atoms with Crippen LogP contribution in [0.4, 0.5) is 0 Å². The number of rotatable bonds is 10. The van der Waals surface area contributed by atoms with Crippen LogP contribution in [-0.4, -0.2) is 40.4 Å². The summed E-state index contributed by atoms with van der Waals surface area (Å²) < 4.78 is 17.4. The zero-order valence-corrected chi connectivity index (χ0v) is 22.1. The fraction of sp³-hybridized carbons (Fsp3) is 0.258. The number of aliphatic hydroxyl groups is 1. The number of carbonyl (C=O) groups excluding carboxylic acids is 2. The lowest BCUT2D eigenvalue weighted by atomic mass is 9.94. The van der Waals surface area contributed by atoms with Crippen molar-refractivity contribution < 1.29 is 28.6 Å². The summed E-state index contributed by atoms with van der Waals surface area (Å²) in [6, 6.07) is 16.9. The van der Waals surface area contributed by atoms with Gasteiger partial charge in [0.2, 0.25) is 5.78 Å². The van der Waals surface area contributed by atoms with E-state index in [1.54, 1.807) is 54.9 Å². The Balaban J connectivity index is 1.56. The molecule has 1 unspecified atom stereocenters. The molecule has 0 aliphatic carbocycles. The van der Waals surface area contributed by atoms with E-state index in [4.69, 9.17) is 13.9 Å². The van der Waals surface area contributed by atoms with E-state index in [0.717, 1.165) is 17.4 Å². The molecule has 2 aromatic carbocycles. The third kappa shape index (κ3) is 5.23. The van der Waals surface area contributed by atoms with Crippen molar-refractivity contribution >= 4 is 22.7 Å². The van der Waals surface area contributed by atoms with Crippen LogP contribution < -0.4 is 9.47 Å². The van der Waals surface area contributed by atoms with Crippen molar-refractivity contribution in [1.82, 2.24) is 9.88 Å². The minimum Gasteiger partial charge on any atom is -0.503 e. The highest BCUT2D eigenvalue weighted by atomic mass is 16.5. The number of Topliss-reactive ketones (excluding diaryl/α,β-unsaturated/α-hetero) is 1. The molecule has 0 saturated heterocycles. The van der Waals surface area contributed by atoms with Crippen molar-refractivity contribution in [3.63, 3.8) is 0 Å². The first-order valence-corrected chi connectivity index (χ1v) is 12.8. The quantitative estimate of drug-likeness (QED) is 0.251. The van der Waals surface area contributed by atoms with Crippen molar-refractivity contribution in [1.29, 1.82) is 0 Å².